The Morgan fingerprint density at radius 2 is 2.12 bits per heavy atom. The molecule has 4 heteroatoms. The highest BCUT2D eigenvalue weighted by Gasteiger charge is 2.10. The van der Waals surface area contributed by atoms with E-state index in [0.717, 1.165) is 22.3 Å². The molecular weight excluding hydrogens is 216 g/mol. The first-order chi connectivity index (χ1) is 8.22. The van der Waals surface area contributed by atoms with Gasteiger partial charge in [0.1, 0.15) is 11.3 Å². The number of carbonyl (C=O) groups is 1. The molecule has 0 aliphatic heterocycles. The standard InChI is InChI=1S/C13H16N2O2/c1-9-10-5-3-4-6-11(10)17-12(9)7-15-13(16)8-14-2/h3-6,14H,7-8H2,1-2H3,(H,15,16). The number of likely N-dealkylation sites (N-methyl/N-ethyl adjacent to an activating group) is 1. The van der Waals surface area contributed by atoms with E-state index in [-0.39, 0.29) is 5.91 Å². The van der Waals surface area contributed by atoms with Gasteiger partial charge >= 0.3 is 0 Å². The highest BCUT2D eigenvalue weighted by molar-refractivity contribution is 5.82. The summed E-state index contributed by atoms with van der Waals surface area (Å²) in [5.74, 6) is 0.781. The number of carbonyl (C=O) groups excluding carboxylic acids is 1. The van der Waals surface area contributed by atoms with Gasteiger partial charge in [-0.15, -0.1) is 0 Å². The Hall–Kier alpha value is -1.81. The van der Waals surface area contributed by atoms with Crippen LogP contribution in [0.2, 0.25) is 0 Å². The van der Waals surface area contributed by atoms with Crippen LogP contribution in [0.3, 0.4) is 0 Å². The Morgan fingerprint density at radius 1 is 1.35 bits per heavy atom. The lowest BCUT2D eigenvalue weighted by atomic mass is 10.1. The van der Waals surface area contributed by atoms with Crippen LogP contribution in [-0.2, 0) is 11.3 Å². The second kappa shape index (κ2) is 5.01. The predicted molar refractivity (Wildman–Crippen MR) is 66.7 cm³/mol. The van der Waals surface area contributed by atoms with Gasteiger partial charge in [0, 0.05) is 10.9 Å². The molecule has 1 aromatic carbocycles. The smallest absolute Gasteiger partial charge is 0.234 e. The minimum atomic E-state index is -0.0349. The molecular formula is C13H16N2O2. The number of fused-ring (bicyclic) bond motifs is 1. The normalized spacial score (nSPS) is 10.7. The van der Waals surface area contributed by atoms with Gasteiger partial charge in [0.25, 0.3) is 0 Å². The van der Waals surface area contributed by atoms with Crippen LogP contribution in [0.15, 0.2) is 28.7 Å². The Balaban J connectivity index is 2.14. The summed E-state index contributed by atoms with van der Waals surface area (Å²) in [5, 5.41) is 6.71. The summed E-state index contributed by atoms with van der Waals surface area (Å²) in [6, 6.07) is 7.87. The molecule has 0 aliphatic carbocycles. The van der Waals surface area contributed by atoms with E-state index in [1.54, 1.807) is 7.05 Å². The molecule has 0 saturated heterocycles. The highest BCUT2D eigenvalue weighted by Crippen LogP contribution is 2.24. The van der Waals surface area contributed by atoms with Crippen molar-refractivity contribution in [3.63, 3.8) is 0 Å². The molecule has 1 heterocycles. The van der Waals surface area contributed by atoms with E-state index in [0.29, 0.717) is 13.1 Å². The third-order valence-electron chi connectivity index (χ3n) is 2.73. The van der Waals surface area contributed by atoms with E-state index in [4.69, 9.17) is 4.42 Å². The van der Waals surface area contributed by atoms with E-state index >= 15 is 0 Å². The molecule has 0 fully saturated rings. The minimum Gasteiger partial charge on any atom is -0.459 e. The first kappa shape index (κ1) is 11.7. The number of hydrogen-bond acceptors (Lipinski definition) is 3. The third-order valence-corrected chi connectivity index (χ3v) is 2.73. The van der Waals surface area contributed by atoms with E-state index in [9.17, 15) is 4.79 Å². The molecule has 2 aromatic rings. The molecule has 0 atom stereocenters. The van der Waals surface area contributed by atoms with E-state index in [1.807, 2.05) is 31.2 Å². The van der Waals surface area contributed by atoms with Gasteiger partial charge < -0.3 is 15.1 Å². The fraction of sp³-hybridized carbons (Fsp3) is 0.308. The summed E-state index contributed by atoms with van der Waals surface area (Å²) in [5.41, 5.74) is 1.95. The molecule has 2 N–H and O–H groups in total. The summed E-state index contributed by atoms with van der Waals surface area (Å²) >= 11 is 0. The second-order valence-corrected chi connectivity index (χ2v) is 3.95. The lowest BCUT2D eigenvalue weighted by Gasteiger charge is -2.02. The quantitative estimate of drug-likeness (QED) is 0.841. The summed E-state index contributed by atoms with van der Waals surface area (Å²) in [4.78, 5) is 11.3. The van der Waals surface area contributed by atoms with Crippen molar-refractivity contribution in [3.05, 3.63) is 35.6 Å². The number of benzene rings is 1. The van der Waals surface area contributed by atoms with Crippen LogP contribution in [-0.4, -0.2) is 19.5 Å². The van der Waals surface area contributed by atoms with Gasteiger partial charge in [-0.3, -0.25) is 4.79 Å². The maximum absolute atomic E-state index is 11.3. The van der Waals surface area contributed by atoms with E-state index in [1.165, 1.54) is 0 Å². The van der Waals surface area contributed by atoms with E-state index in [2.05, 4.69) is 10.6 Å². The average molecular weight is 232 g/mol. The first-order valence-corrected chi connectivity index (χ1v) is 5.60. The van der Waals surface area contributed by atoms with Crippen LogP contribution in [0, 0.1) is 6.92 Å². The average Bonchev–Trinajstić information content (AvgIpc) is 2.65. The highest BCUT2D eigenvalue weighted by atomic mass is 16.3. The molecule has 1 amide bonds. The molecule has 0 spiro atoms. The molecule has 0 bridgehead atoms. The SMILES string of the molecule is CNCC(=O)NCc1oc2ccccc2c1C. The molecule has 90 valence electrons. The van der Waals surface area contributed by atoms with Crippen molar-refractivity contribution in [3.8, 4) is 0 Å². The maximum atomic E-state index is 11.3. The number of aryl methyl sites for hydroxylation is 1. The van der Waals surface area contributed by atoms with Crippen LogP contribution in [0.4, 0.5) is 0 Å². The molecule has 2 rings (SSSR count). The summed E-state index contributed by atoms with van der Waals surface area (Å²) in [6.45, 7) is 2.76. The maximum Gasteiger partial charge on any atom is 0.234 e. The molecule has 0 aliphatic rings. The van der Waals surface area contributed by atoms with Crippen molar-refractivity contribution in [1.82, 2.24) is 10.6 Å². The van der Waals surface area contributed by atoms with Gasteiger partial charge in [0.15, 0.2) is 0 Å². The molecule has 0 radical (unpaired) electrons. The van der Waals surface area contributed by atoms with Gasteiger partial charge in [-0.1, -0.05) is 18.2 Å². The Labute approximate surface area is 100.0 Å². The van der Waals surface area contributed by atoms with E-state index < -0.39 is 0 Å². The van der Waals surface area contributed by atoms with Crippen molar-refractivity contribution in [1.29, 1.82) is 0 Å². The van der Waals surface area contributed by atoms with Crippen LogP contribution >= 0.6 is 0 Å². The molecule has 4 nitrogen and oxygen atoms in total. The van der Waals surface area contributed by atoms with Crippen molar-refractivity contribution < 1.29 is 9.21 Å². The van der Waals surface area contributed by atoms with Gasteiger partial charge in [-0.25, -0.2) is 0 Å². The second-order valence-electron chi connectivity index (χ2n) is 3.95. The van der Waals surface area contributed by atoms with Crippen LogP contribution in [0.5, 0.6) is 0 Å². The Morgan fingerprint density at radius 3 is 2.82 bits per heavy atom. The Kier molecular flexibility index (Phi) is 3.44. The van der Waals surface area contributed by atoms with Crippen LogP contribution in [0.1, 0.15) is 11.3 Å². The predicted octanol–water partition coefficient (Wildman–Crippen LogP) is 1.58. The fourth-order valence-corrected chi connectivity index (χ4v) is 1.80. The van der Waals surface area contributed by atoms with Crippen LogP contribution in [0.25, 0.3) is 11.0 Å². The molecule has 0 saturated carbocycles. The minimum absolute atomic E-state index is 0.0349. The number of amides is 1. The van der Waals surface area contributed by atoms with Gasteiger partial charge in [0.2, 0.25) is 5.91 Å². The zero-order chi connectivity index (χ0) is 12.3. The number of furan rings is 1. The lowest BCUT2D eigenvalue weighted by molar-refractivity contribution is -0.120. The lowest BCUT2D eigenvalue weighted by Crippen LogP contribution is -2.31. The zero-order valence-corrected chi connectivity index (χ0v) is 10.0. The summed E-state index contributed by atoms with van der Waals surface area (Å²) in [7, 11) is 1.74. The van der Waals surface area contributed by atoms with Gasteiger partial charge in [-0.2, -0.15) is 0 Å². The van der Waals surface area contributed by atoms with Crippen molar-refractivity contribution in [2.45, 2.75) is 13.5 Å². The zero-order valence-electron chi connectivity index (χ0n) is 10.0. The Bertz CT molecular complexity index is 531. The number of para-hydroxylation sites is 1. The number of hydrogen-bond donors (Lipinski definition) is 2. The number of rotatable bonds is 4. The monoisotopic (exact) mass is 232 g/mol. The van der Waals surface area contributed by atoms with Crippen molar-refractivity contribution >= 4 is 16.9 Å². The molecule has 17 heavy (non-hydrogen) atoms. The van der Waals surface area contributed by atoms with Crippen molar-refractivity contribution in [2.75, 3.05) is 13.6 Å². The first-order valence-electron chi connectivity index (χ1n) is 5.60. The molecule has 0 unspecified atom stereocenters. The van der Waals surface area contributed by atoms with Crippen LogP contribution < -0.4 is 10.6 Å². The van der Waals surface area contributed by atoms with Gasteiger partial charge in [0.05, 0.1) is 13.1 Å². The topological polar surface area (TPSA) is 54.3 Å². The summed E-state index contributed by atoms with van der Waals surface area (Å²) in [6.07, 6.45) is 0. The largest absolute Gasteiger partial charge is 0.459 e. The number of nitrogens with one attached hydrogen (secondary N) is 2. The van der Waals surface area contributed by atoms with Crippen molar-refractivity contribution in [2.24, 2.45) is 0 Å². The van der Waals surface area contributed by atoms with Gasteiger partial charge in [-0.05, 0) is 20.0 Å². The fourth-order valence-electron chi connectivity index (χ4n) is 1.80. The molecule has 1 aromatic heterocycles. The summed E-state index contributed by atoms with van der Waals surface area (Å²) < 4.78 is 5.69. The third kappa shape index (κ3) is 2.47.